The molecule has 0 aliphatic carbocycles. The highest BCUT2D eigenvalue weighted by molar-refractivity contribution is 5.93. The molecule has 0 bridgehead atoms. The molecule has 20 heavy (non-hydrogen) atoms. The average molecular weight is 279 g/mol. The van der Waals surface area contributed by atoms with E-state index >= 15 is 0 Å². The zero-order valence-corrected chi connectivity index (χ0v) is 11.1. The van der Waals surface area contributed by atoms with Gasteiger partial charge in [0.25, 0.3) is 0 Å². The predicted octanol–water partition coefficient (Wildman–Crippen LogP) is 2.02. The molecule has 0 aromatic heterocycles. The van der Waals surface area contributed by atoms with Crippen LogP contribution in [0.4, 0.5) is 14.9 Å². The van der Waals surface area contributed by atoms with Crippen LogP contribution >= 0.6 is 0 Å². The van der Waals surface area contributed by atoms with Gasteiger partial charge in [-0.1, -0.05) is 13.0 Å². The van der Waals surface area contributed by atoms with Gasteiger partial charge in [-0.05, 0) is 18.6 Å². The van der Waals surface area contributed by atoms with Gasteiger partial charge < -0.3 is 15.3 Å². The number of halogens is 1. The number of nitrogens with one attached hydrogen (secondary N) is 1. The van der Waals surface area contributed by atoms with E-state index in [0.29, 0.717) is 0 Å². The van der Waals surface area contributed by atoms with Crippen LogP contribution in [0.1, 0.15) is 18.9 Å². The van der Waals surface area contributed by atoms with Crippen LogP contribution in [0.5, 0.6) is 0 Å². The van der Waals surface area contributed by atoms with Gasteiger partial charge >= 0.3 is 12.0 Å². The number of aliphatic carboxylic acids is 1. The van der Waals surface area contributed by atoms with E-state index in [1.165, 1.54) is 19.2 Å². The summed E-state index contributed by atoms with van der Waals surface area (Å²) in [4.78, 5) is 23.9. The van der Waals surface area contributed by atoms with Crippen molar-refractivity contribution in [2.75, 3.05) is 12.4 Å². The van der Waals surface area contributed by atoms with E-state index in [4.69, 9.17) is 10.4 Å². The molecule has 0 fully saturated rings. The van der Waals surface area contributed by atoms with E-state index in [1.54, 1.807) is 13.0 Å². The second-order valence-electron chi connectivity index (χ2n) is 4.08. The van der Waals surface area contributed by atoms with Gasteiger partial charge in [-0.25, -0.2) is 14.0 Å². The molecule has 2 N–H and O–H groups in total. The second kappa shape index (κ2) is 6.52. The van der Waals surface area contributed by atoms with Crippen molar-refractivity contribution in [3.63, 3.8) is 0 Å². The third-order valence-electron chi connectivity index (χ3n) is 2.83. The lowest BCUT2D eigenvalue weighted by Crippen LogP contribution is -2.44. The molecule has 0 saturated heterocycles. The van der Waals surface area contributed by atoms with Crippen LogP contribution < -0.4 is 5.32 Å². The Morgan fingerprint density at radius 1 is 1.55 bits per heavy atom. The predicted molar refractivity (Wildman–Crippen MR) is 69.6 cm³/mol. The van der Waals surface area contributed by atoms with Gasteiger partial charge in [0.15, 0.2) is 0 Å². The maximum absolute atomic E-state index is 13.4. The van der Waals surface area contributed by atoms with Crippen molar-refractivity contribution < 1.29 is 19.1 Å². The lowest BCUT2D eigenvalue weighted by Gasteiger charge is -2.24. The maximum atomic E-state index is 13.4. The topological polar surface area (TPSA) is 93.4 Å². The maximum Gasteiger partial charge on any atom is 0.326 e. The largest absolute Gasteiger partial charge is 0.480 e. The number of likely N-dealkylation sites (N-methyl/N-ethyl adjacent to an activating group) is 1. The molecule has 2 amide bonds. The summed E-state index contributed by atoms with van der Waals surface area (Å²) in [6.45, 7) is 1.63. The van der Waals surface area contributed by atoms with Gasteiger partial charge in [-0.15, -0.1) is 0 Å². The highest BCUT2D eigenvalue weighted by Crippen LogP contribution is 2.18. The Labute approximate surface area is 115 Å². The highest BCUT2D eigenvalue weighted by atomic mass is 19.1. The fraction of sp³-hybridized carbons (Fsp3) is 0.308. The molecule has 1 aromatic rings. The Balaban J connectivity index is 2.94. The number of hydrogen-bond donors (Lipinski definition) is 2. The Hall–Kier alpha value is -2.62. The smallest absolute Gasteiger partial charge is 0.326 e. The Morgan fingerprint density at radius 2 is 2.20 bits per heavy atom. The fourth-order valence-electron chi connectivity index (χ4n) is 1.70. The summed E-state index contributed by atoms with van der Waals surface area (Å²) in [5.41, 5.74) is -0.290. The molecule has 0 radical (unpaired) electrons. The first-order valence-electron chi connectivity index (χ1n) is 5.87. The lowest BCUT2D eigenvalue weighted by molar-refractivity contribution is -0.141. The number of carboxylic acid groups (broad SMARTS) is 1. The number of rotatable bonds is 4. The van der Waals surface area contributed by atoms with Gasteiger partial charge in [0.1, 0.15) is 23.5 Å². The molecule has 1 unspecified atom stereocenters. The monoisotopic (exact) mass is 279 g/mol. The number of urea groups is 1. The minimum absolute atomic E-state index is 0.00425. The summed E-state index contributed by atoms with van der Waals surface area (Å²) < 4.78 is 13.4. The van der Waals surface area contributed by atoms with Crippen LogP contribution in [-0.2, 0) is 4.79 Å². The van der Waals surface area contributed by atoms with Crippen LogP contribution in [0.3, 0.4) is 0 Å². The van der Waals surface area contributed by atoms with Crippen LogP contribution in [0.2, 0.25) is 0 Å². The normalized spacial score (nSPS) is 11.3. The minimum atomic E-state index is -1.13. The number of carboxylic acids is 1. The molecular weight excluding hydrogens is 265 g/mol. The molecule has 1 rings (SSSR count). The van der Waals surface area contributed by atoms with E-state index in [2.05, 4.69) is 5.32 Å². The number of nitriles is 1. The second-order valence-corrected chi connectivity index (χ2v) is 4.08. The Morgan fingerprint density at radius 3 is 2.70 bits per heavy atom. The third kappa shape index (κ3) is 3.23. The number of benzene rings is 1. The molecule has 6 nitrogen and oxygen atoms in total. The molecular formula is C13H14FN3O3. The van der Waals surface area contributed by atoms with Crippen molar-refractivity contribution >= 4 is 17.7 Å². The number of amides is 2. The first kappa shape index (κ1) is 15.4. The summed E-state index contributed by atoms with van der Waals surface area (Å²) in [5.74, 6) is -1.89. The van der Waals surface area contributed by atoms with Crippen LogP contribution in [-0.4, -0.2) is 35.1 Å². The first-order chi connectivity index (χ1) is 9.42. The SMILES string of the molecule is CCC(C(=O)O)N(C)C(=O)Nc1cccc(F)c1C#N. The number of anilines is 1. The van der Waals surface area contributed by atoms with Gasteiger partial charge in [0.05, 0.1) is 5.69 Å². The molecule has 0 saturated carbocycles. The lowest BCUT2D eigenvalue weighted by atomic mass is 10.2. The summed E-state index contributed by atoms with van der Waals surface area (Å²) in [5, 5.41) is 20.1. The molecule has 7 heteroatoms. The molecule has 0 heterocycles. The van der Waals surface area contributed by atoms with Crippen molar-refractivity contribution in [3.05, 3.63) is 29.6 Å². The summed E-state index contributed by atoms with van der Waals surface area (Å²) in [7, 11) is 1.32. The number of nitrogens with zero attached hydrogens (tertiary/aromatic N) is 2. The molecule has 0 aliphatic heterocycles. The first-order valence-corrected chi connectivity index (χ1v) is 5.87. The Kier molecular flexibility index (Phi) is 5.03. The van der Waals surface area contributed by atoms with Gasteiger partial charge in [0, 0.05) is 7.05 Å². The van der Waals surface area contributed by atoms with Gasteiger partial charge in [-0.3, -0.25) is 0 Å². The Bertz CT molecular complexity index is 568. The molecule has 1 aromatic carbocycles. The zero-order chi connectivity index (χ0) is 15.3. The van der Waals surface area contributed by atoms with Crippen LogP contribution in [0.25, 0.3) is 0 Å². The van der Waals surface area contributed by atoms with E-state index < -0.39 is 23.9 Å². The van der Waals surface area contributed by atoms with Crippen LogP contribution in [0.15, 0.2) is 18.2 Å². The molecule has 1 atom stereocenters. The van der Waals surface area contributed by atoms with Crippen molar-refractivity contribution in [1.82, 2.24) is 4.90 Å². The van der Waals surface area contributed by atoms with Gasteiger partial charge in [-0.2, -0.15) is 5.26 Å². The van der Waals surface area contributed by atoms with Crippen molar-refractivity contribution in [1.29, 1.82) is 5.26 Å². The average Bonchev–Trinajstić information content (AvgIpc) is 2.39. The number of hydrogen-bond acceptors (Lipinski definition) is 3. The number of carbonyl (C=O) groups is 2. The van der Waals surface area contributed by atoms with E-state index in [0.717, 1.165) is 11.0 Å². The molecule has 0 spiro atoms. The number of carbonyl (C=O) groups excluding carboxylic acids is 1. The zero-order valence-electron chi connectivity index (χ0n) is 11.1. The minimum Gasteiger partial charge on any atom is -0.480 e. The van der Waals surface area contributed by atoms with E-state index in [1.807, 2.05) is 0 Å². The van der Waals surface area contributed by atoms with Crippen molar-refractivity contribution in [2.24, 2.45) is 0 Å². The molecule has 0 aliphatic rings. The summed E-state index contributed by atoms with van der Waals surface area (Å²) in [6.07, 6.45) is 0.230. The summed E-state index contributed by atoms with van der Waals surface area (Å²) in [6, 6.07) is 3.76. The highest BCUT2D eigenvalue weighted by Gasteiger charge is 2.25. The van der Waals surface area contributed by atoms with E-state index in [-0.39, 0.29) is 17.7 Å². The summed E-state index contributed by atoms with van der Waals surface area (Å²) >= 11 is 0. The standard InChI is InChI=1S/C13H14FN3O3/c1-3-11(12(18)19)17(2)13(20)16-10-6-4-5-9(14)8(10)7-15/h4-6,11H,3H2,1-2H3,(H,16,20)(H,18,19). The van der Waals surface area contributed by atoms with Crippen molar-refractivity contribution in [2.45, 2.75) is 19.4 Å². The third-order valence-corrected chi connectivity index (χ3v) is 2.83. The van der Waals surface area contributed by atoms with Crippen LogP contribution in [0, 0.1) is 17.1 Å². The van der Waals surface area contributed by atoms with Crippen molar-refractivity contribution in [3.8, 4) is 6.07 Å². The molecule has 106 valence electrons. The van der Waals surface area contributed by atoms with E-state index in [9.17, 15) is 14.0 Å². The fourth-order valence-corrected chi connectivity index (χ4v) is 1.70. The quantitative estimate of drug-likeness (QED) is 0.881. The van der Waals surface area contributed by atoms with Gasteiger partial charge in [0.2, 0.25) is 0 Å².